The van der Waals surface area contributed by atoms with Crippen LogP contribution in [-0.2, 0) is 4.79 Å². The lowest BCUT2D eigenvalue weighted by Crippen LogP contribution is -2.57. The molecule has 0 saturated carbocycles. The molecule has 0 radical (unpaired) electrons. The molecule has 4 aromatic heterocycles. The van der Waals surface area contributed by atoms with Crippen molar-refractivity contribution < 1.29 is 4.79 Å². The Bertz CT molecular complexity index is 2250. The predicted octanol–water partition coefficient (Wildman–Crippen LogP) is 7.77. The third-order valence-corrected chi connectivity index (χ3v) is 13.8. The Hall–Kier alpha value is -5.75. The number of nitrogens with zero attached hydrogens (tertiary/aromatic N) is 10. The van der Waals surface area contributed by atoms with E-state index in [0.717, 1.165) is 131 Å². The van der Waals surface area contributed by atoms with E-state index in [1.165, 1.54) is 0 Å². The number of piperazine rings is 2. The first-order valence-corrected chi connectivity index (χ1v) is 23.1. The Morgan fingerprint density at radius 3 is 1.34 bits per heavy atom. The third kappa shape index (κ3) is 9.96. The van der Waals surface area contributed by atoms with Gasteiger partial charge in [-0.1, -0.05) is 22.7 Å². The van der Waals surface area contributed by atoms with E-state index in [2.05, 4.69) is 137 Å². The lowest BCUT2D eigenvalue weighted by Gasteiger charge is -2.42. The number of Topliss-reactive ketones (excluding diaryl/α,β-unsaturated/α-hetero) is 1. The highest BCUT2D eigenvalue weighted by Gasteiger charge is 2.32. The molecule has 2 unspecified atom stereocenters. The molecule has 324 valence electrons. The first-order valence-electron chi connectivity index (χ1n) is 21.5. The number of ketones is 1. The Morgan fingerprint density at radius 2 is 0.968 bits per heavy atom. The molecule has 2 fully saturated rings. The van der Waals surface area contributed by atoms with Crippen LogP contribution < -0.4 is 31.1 Å². The van der Waals surface area contributed by atoms with E-state index >= 15 is 0 Å². The van der Waals surface area contributed by atoms with Gasteiger partial charge in [-0.25, -0.2) is 29.9 Å². The van der Waals surface area contributed by atoms with Crippen molar-refractivity contribution in [2.24, 2.45) is 0 Å². The molecular formula is C45H56N14OS2. The first kappa shape index (κ1) is 42.9. The molecule has 62 heavy (non-hydrogen) atoms. The minimum Gasteiger partial charge on any atom is -0.369 e. The number of thiazole rings is 2. The molecule has 0 spiro atoms. The van der Waals surface area contributed by atoms with Crippen LogP contribution in [0.1, 0.15) is 39.1 Å². The van der Waals surface area contributed by atoms with Crippen LogP contribution in [0.5, 0.6) is 0 Å². The van der Waals surface area contributed by atoms with E-state index in [-0.39, 0.29) is 12.1 Å². The van der Waals surface area contributed by atoms with Gasteiger partial charge in [-0.2, -0.15) is 0 Å². The van der Waals surface area contributed by atoms with Crippen LogP contribution >= 0.6 is 22.7 Å². The molecule has 2 aliphatic heterocycles. The van der Waals surface area contributed by atoms with Gasteiger partial charge in [0, 0.05) is 101 Å². The van der Waals surface area contributed by atoms with Crippen molar-refractivity contribution in [2.45, 2.75) is 53.6 Å². The molecule has 0 aliphatic carbocycles. The van der Waals surface area contributed by atoms with Gasteiger partial charge in [0.1, 0.15) is 0 Å². The van der Waals surface area contributed by atoms with Crippen molar-refractivity contribution in [1.82, 2.24) is 39.7 Å². The molecule has 15 nitrogen and oxygen atoms in total. The van der Waals surface area contributed by atoms with Gasteiger partial charge in [0.2, 0.25) is 11.9 Å². The quantitative estimate of drug-likeness (QED) is 0.0748. The molecular weight excluding hydrogens is 817 g/mol. The normalized spacial score (nSPS) is 15.9. The van der Waals surface area contributed by atoms with Crippen LogP contribution in [0.25, 0.3) is 21.1 Å². The van der Waals surface area contributed by atoms with Crippen LogP contribution in [0, 0.1) is 13.8 Å². The van der Waals surface area contributed by atoms with Crippen molar-refractivity contribution in [2.75, 3.05) is 96.5 Å². The Labute approximate surface area is 372 Å². The number of hydrogen-bond donors (Lipinski definition) is 4. The van der Waals surface area contributed by atoms with Gasteiger partial charge in [-0.3, -0.25) is 14.6 Å². The summed E-state index contributed by atoms with van der Waals surface area (Å²) in [7, 11) is 0. The second kappa shape index (κ2) is 19.5. The highest BCUT2D eigenvalue weighted by Crippen LogP contribution is 2.34. The minimum absolute atomic E-state index is 0.137. The number of rotatable bonds is 16. The average Bonchev–Trinajstić information content (AvgIpc) is 3.87. The minimum atomic E-state index is -0.137. The Balaban J connectivity index is 0.780. The summed E-state index contributed by atoms with van der Waals surface area (Å²) in [6.07, 6.45) is 3.56. The molecule has 2 atom stereocenters. The van der Waals surface area contributed by atoms with Gasteiger partial charge in [-0.05, 0) is 102 Å². The lowest BCUT2D eigenvalue weighted by molar-refractivity contribution is -0.128. The van der Waals surface area contributed by atoms with Gasteiger partial charge < -0.3 is 31.1 Å². The van der Waals surface area contributed by atoms with E-state index in [4.69, 9.17) is 9.97 Å². The molecule has 2 saturated heterocycles. The van der Waals surface area contributed by atoms with E-state index in [1.54, 1.807) is 35.1 Å². The van der Waals surface area contributed by atoms with Gasteiger partial charge >= 0.3 is 0 Å². The van der Waals surface area contributed by atoms with E-state index in [0.29, 0.717) is 17.7 Å². The van der Waals surface area contributed by atoms with Crippen molar-refractivity contribution in [3.63, 3.8) is 0 Å². The second-order valence-electron chi connectivity index (χ2n) is 15.6. The average molecular weight is 873 g/mol. The van der Waals surface area contributed by atoms with Crippen molar-refractivity contribution in [3.05, 3.63) is 84.4 Å². The van der Waals surface area contributed by atoms with Crippen LogP contribution in [0.2, 0.25) is 0 Å². The fraction of sp³-hybridized carbons (Fsp3) is 0.400. The number of nitrogens with one attached hydrogen (secondary N) is 4. The Kier molecular flexibility index (Phi) is 13.5. The monoisotopic (exact) mass is 872 g/mol. The van der Waals surface area contributed by atoms with Gasteiger partial charge in [0.25, 0.3) is 0 Å². The molecule has 2 aliphatic rings. The summed E-state index contributed by atoms with van der Waals surface area (Å²) in [5.74, 6) is 1.39. The predicted molar refractivity (Wildman–Crippen MR) is 255 cm³/mol. The summed E-state index contributed by atoms with van der Waals surface area (Å²) >= 11 is 3.21. The summed E-state index contributed by atoms with van der Waals surface area (Å²) in [5.41, 5.74) is 7.78. The van der Waals surface area contributed by atoms with Gasteiger partial charge in [0.15, 0.2) is 16.0 Å². The third-order valence-electron chi connectivity index (χ3n) is 11.6. The molecule has 8 rings (SSSR count). The van der Waals surface area contributed by atoms with Crippen molar-refractivity contribution >= 4 is 73.4 Å². The summed E-state index contributed by atoms with van der Waals surface area (Å²) in [6, 6.07) is 20.4. The molecule has 6 aromatic rings. The molecule has 0 amide bonds. The Morgan fingerprint density at radius 1 is 0.581 bits per heavy atom. The topological polar surface area (TPSA) is 155 Å². The molecule has 17 heteroatoms. The molecule has 2 aromatic carbocycles. The maximum atomic E-state index is 13.9. The smallest absolute Gasteiger partial charge is 0.227 e. The largest absolute Gasteiger partial charge is 0.369 e. The van der Waals surface area contributed by atoms with E-state index < -0.39 is 0 Å². The van der Waals surface area contributed by atoms with Crippen LogP contribution in [0.15, 0.2) is 73.1 Å². The zero-order valence-corrected chi connectivity index (χ0v) is 38.0. The number of benzene rings is 2. The van der Waals surface area contributed by atoms with Gasteiger partial charge in [0.05, 0.1) is 44.6 Å². The summed E-state index contributed by atoms with van der Waals surface area (Å²) in [6.45, 7) is 20.8. The highest BCUT2D eigenvalue weighted by molar-refractivity contribution is 7.19. The zero-order chi connectivity index (χ0) is 43.2. The first-order chi connectivity index (χ1) is 30.1. The molecule has 0 bridgehead atoms. The number of aryl methyl sites for hydroxylation is 2. The number of aromatic nitrogens is 6. The zero-order valence-electron chi connectivity index (χ0n) is 36.4. The number of carbonyl (C=O) groups is 1. The number of carbonyl (C=O) groups excluding carboxylic acids is 1. The van der Waals surface area contributed by atoms with Crippen LogP contribution in [-0.4, -0.2) is 123 Å². The summed E-state index contributed by atoms with van der Waals surface area (Å²) < 4.78 is 0. The van der Waals surface area contributed by atoms with Crippen LogP contribution in [0.3, 0.4) is 0 Å². The second-order valence-corrected chi connectivity index (χ2v) is 17.6. The van der Waals surface area contributed by atoms with Crippen molar-refractivity contribution in [1.29, 1.82) is 0 Å². The fourth-order valence-electron chi connectivity index (χ4n) is 8.03. The van der Waals surface area contributed by atoms with Gasteiger partial charge in [-0.15, -0.1) is 0 Å². The van der Waals surface area contributed by atoms with Crippen LogP contribution in [0.4, 0.5) is 44.9 Å². The molecule has 4 N–H and O–H groups in total. The maximum absolute atomic E-state index is 13.9. The summed E-state index contributed by atoms with van der Waals surface area (Å²) in [5, 5.41) is 15.1. The fourth-order valence-corrected chi connectivity index (χ4v) is 10.0. The number of hydrogen-bond acceptors (Lipinski definition) is 17. The highest BCUT2D eigenvalue weighted by atomic mass is 32.1. The SMILES string of the molecule is CCNc1nc(C)c(-c2ccnc(Nc3ccc(N4CCN(C(C)C(=O)C(C)N5CCN(c6ccc(Nc7nccc(-c8sc(NCC)nc8C)n7)cc6)CC5)CC4)cc3)n2)s1. The standard InChI is InChI=1S/C45H56N14OS2/c1-7-46-44-50-29(3)40(61-44)37-17-19-48-42(54-37)52-33-9-13-35(14-10-33)58-25-21-56(22-26-58)31(5)39(60)32(6)57-23-27-59(28-24-57)36-15-11-34(12-16-36)53-43-49-20-18-38(55-43)41-30(4)51-45(62-41)47-8-2/h9-20,31-32H,7-8,21-28H2,1-6H3,(H,46,50)(H,47,51)(H,48,52,54)(H,49,53,55). The van der Waals surface area contributed by atoms with E-state index in [9.17, 15) is 4.79 Å². The lowest BCUT2D eigenvalue weighted by atomic mass is 10.0. The van der Waals surface area contributed by atoms with E-state index in [1.807, 2.05) is 26.0 Å². The maximum Gasteiger partial charge on any atom is 0.227 e. The molecule has 6 heterocycles. The van der Waals surface area contributed by atoms with Crippen molar-refractivity contribution in [3.8, 4) is 21.1 Å². The summed E-state index contributed by atoms with van der Waals surface area (Å²) in [4.78, 5) is 53.1. The number of anilines is 8.